The Morgan fingerprint density at radius 2 is 2.08 bits per heavy atom. The summed E-state index contributed by atoms with van der Waals surface area (Å²) in [7, 11) is 0. The number of ether oxygens (including phenoxy) is 1. The normalized spacial score (nSPS) is 10.8. The number of nitrogens with one attached hydrogen (secondary N) is 1. The third-order valence-corrected chi connectivity index (χ3v) is 4.30. The minimum absolute atomic E-state index is 0.143. The van der Waals surface area contributed by atoms with E-state index in [0.29, 0.717) is 21.4 Å². The van der Waals surface area contributed by atoms with Crippen molar-refractivity contribution in [1.82, 2.24) is 5.43 Å². The van der Waals surface area contributed by atoms with Crippen LogP contribution in [0.2, 0.25) is 10.0 Å². The Labute approximate surface area is 158 Å². The number of hydrogen-bond donors (Lipinski definition) is 1. The first-order chi connectivity index (χ1) is 11.5. The summed E-state index contributed by atoms with van der Waals surface area (Å²) in [4.78, 5) is 11.8. The van der Waals surface area contributed by atoms with Gasteiger partial charge < -0.3 is 4.74 Å². The lowest BCUT2D eigenvalue weighted by atomic mass is 10.2. The monoisotopic (exact) mass is 428 g/mol. The Bertz CT molecular complexity index is 766. The lowest BCUT2D eigenvalue weighted by Gasteiger charge is -2.08. The van der Waals surface area contributed by atoms with Crippen molar-refractivity contribution in [2.45, 2.75) is 13.3 Å². The Kier molecular flexibility index (Phi) is 7.09. The van der Waals surface area contributed by atoms with Gasteiger partial charge in [-0.3, -0.25) is 4.79 Å². The molecule has 126 valence electrons. The zero-order valence-corrected chi connectivity index (χ0v) is 16.0. The second-order valence-corrected chi connectivity index (χ2v) is 6.56. The maximum Gasteiger partial charge on any atom is 0.277 e. The fourth-order valence-corrected chi connectivity index (χ4v) is 2.83. The van der Waals surface area contributed by atoms with Gasteiger partial charge in [-0.2, -0.15) is 5.10 Å². The van der Waals surface area contributed by atoms with Gasteiger partial charge in [-0.05, 0) is 52.2 Å². The molecule has 0 radical (unpaired) electrons. The molecule has 0 aliphatic rings. The molecular weight excluding hydrogens is 415 g/mol. The number of halogens is 3. The Morgan fingerprint density at radius 1 is 1.29 bits per heavy atom. The molecule has 0 unspecified atom stereocenters. The summed E-state index contributed by atoms with van der Waals surface area (Å²) in [5.74, 6) is 0.231. The van der Waals surface area contributed by atoms with Crippen LogP contribution in [0.25, 0.3) is 0 Å². The van der Waals surface area contributed by atoms with Gasteiger partial charge in [0.25, 0.3) is 5.91 Å². The van der Waals surface area contributed by atoms with Crippen LogP contribution in [0.5, 0.6) is 5.75 Å². The molecule has 2 rings (SSSR count). The molecule has 1 N–H and O–H groups in total. The minimum atomic E-state index is -0.372. The molecule has 2 aromatic rings. The molecule has 0 saturated carbocycles. The summed E-state index contributed by atoms with van der Waals surface area (Å²) >= 11 is 15.2. The van der Waals surface area contributed by atoms with Gasteiger partial charge in [0.2, 0.25) is 0 Å². The molecule has 0 aliphatic heterocycles. The van der Waals surface area contributed by atoms with Gasteiger partial charge in [-0.1, -0.05) is 42.3 Å². The van der Waals surface area contributed by atoms with Gasteiger partial charge in [-0.25, -0.2) is 5.43 Å². The van der Waals surface area contributed by atoms with Gasteiger partial charge in [-0.15, -0.1) is 0 Å². The average Bonchev–Trinajstić information content (AvgIpc) is 2.55. The Morgan fingerprint density at radius 3 is 2.75 bits per heavy atom. The molecule has 0 heterocycles. The summed E-state index contributed by atoms with van der Waals surface area (Å²) in [6.45, 7) is 1.93. The van der Waals surface area contributed by atoms with Gasteiger partial charge in [0.15, 0.2) is 6.61 Å². The molecule has 2 aromatic carbocycles. The minimum Gasteiger partial charge on any atom is -0.483 e. The summed E-state index contributed by atoms with van der Waals surface area (Å²) in [6, 6.07) is 10.8. The lowest BCUT2D eigenvalue weighted by Crippen LogP contribution is -2.24. The van der Waals surface area contributed by atoms with E-state index >= 15 is 0 Å². The maximum absolute atomic E-state index is 11.8. The topological polar surface area (TPSA) is 50.7 Å². The van der Waals surface area contributed by atoms with Crippen molar-refractivity contribution in [3.8, 4) is 5.75 Å². The second kappa shape index (κ2) is 9.06. The standard InChI is InChI=1S/C17H15BrCl2N2O2/c1-2-11-3-6-16(14(18)7-11)24-10-17(23)22-21-9-12-4-5-13(19)8-15(12)20/h3-9H,2,10H2,1H3,(H,22,23). The molecule has 7 heteroatoms. The summed E-state index contributed by atoms with van der Waals surface area (Å²) in [6.07, 6.45) is 2.38. The number of amides is 1. The van der Waals surface area contributed by atoms with E-state index in [4.69, 9.17) is 27.9 Å². The third-order valence-electron chi connectivity index (χ3n) is 3.12. The Balaban J connectivity index is 1.86. The van der Waals surface area contributed by atoms with Crippen molar-refractivity contribution in [3.63, 3.8) is 0 Å². The van der Waals surface area contributed by atoms with E-state index < -0.39 is 0 Å². The van der Waals surface area contributed by atoms with Crippen molar-refractivity contribution < 1.29 is 9.53 Å². The molecule has 0 aliphatic carbocycles. The van der Waals surface area contributed by atoms with Crippen LogP contribution in [0.15, 0.2) is 46.0 Å². The number of benzene rings is 2. The zero-order valence-electron chi connectivity index (χ0n) is 12.9. The van der Waals surface area contributed by atoms with Crippen LogP contribution in [0.4, 0.5) is 0 Å². The number of aryl methyl sites for hydroxylation is 1. The van der Waals surface area contributed by atoms with Crippen molar-refractivity contribution in [3.05, 3.63) is 62.0 Å². The van der Waals surface area contributed by atoms with Crippen LogP contribution < -0.4 is 10.2 Å². The predicted molar refractivity (Wildman–Crippen MR) is 101 cm³/mol. The highest BCUT2D eigenvalue weighted by Gasteiger charge is 2.06. The quantitative estimate of drug-likeness (QED) is 0.527. The number of carbonyl (C=O) groups excluding carboxylic acids is 1. The number of nitrogens with zero attached hydrogens (tertiary/aromatic N) is 1. The molecule has 0 spiro atoms. The molecule has 0 fully saturated rings. The van der Waals surface area contributed by atoms with E-state index in [1.165, 1.54) is 11.8 Å². The molecular formula is C17H15BrCl2N2O2. The summed E-state index contributed by atoms with van der Waals surface area (Å²) < 4.78 is 6.28. The molecule has 4 nitrogen and oxygen atoms in total. The van der Waals surface area contributed by atoms with Crippen molar-refractivity contribution >= 4 is 51.3 Å². The smallest absolute Gasteiger partial charge is 0.277 e. The average molecular weight is 430 g/mol. The van der Waals surface area contributed by atoms with Crippen LogP contribution >= 0.6 is 39.1 Å². The first-order valence-corrected chi connectivity index (χ1v) is 8.72. The number of carbonyl (C=O) groups is 1. The lowest BCUT2D eigenvalue weighted by molar-refractivity contribution is -0.123. The SMILES string of the molecule is CCc1ccc(OCC(=O)NN=Cc2ccc(Cl)cc2Cl)c(Br)c1. The number of rotatable bonds is 6. The first-order valence-electron chi connectivity index (χ1n) is 7.17. The maximum atomic E-state index is 11.8. The summed E-state index contributed by atoms with van der Waals surface area (Å²) in [5.41, 5.74) is 4.22. The molecule has 0 bridgehead atoms. The zero-order chi connectivity index (χ0) is 17.5. The second-order valence-electron chi connectivity index (χ2n) is 4.87. The van der Waals surface area contributed by atoms with E-state index in [0.717, 1.165) is 10.9 Å². The highest BCUT2D eigenvalue weighted by atomic mass is 79.9. The van der Waals surface area contributed by atoms with Gasteiger partial charge in [0.05, 0.1) is 15.7 Å². The Hall–Kier alpha value is -1.56. The predicted octanol–water partition coefficient (Wildman–Crippen LogP) is 4.85. The van der Waals surface area contributed by atoms with Crippen LogP contribution in [0.3, 0.4) is 0 Å². The fourth-order valence-electron chi connectivity index (χ4n) is 1.84. The van der Waals surface area contributed by atoms with Crippen LogP contribution in [-0.4, -0.2) is 18.7 Å². The molecule has 0 aromatic heterocycles. The highest BCUT2D eigenvalue weighted by molar-refractivity contribution is 9.10. The van der Waals surface area contributed by atoms with Crippen LogP contribution in [0.1, 0.15) is 18.1 Å². The molecule has 1 amide bonds. The first kappa shape index (κ1) is 18.8. The molecule has 0 saturated heterocycles. The molecule has 0 atom stereocenters. The third kappa shape index (κ3) is 5.51. The van der Waals surface area contributed by atoms with E-state index in [1.807, 2.05) is 18.2 Å². The van der Waals surface area contributed by atoms with E-state index in [-0.39, 0.29) is 12.5 Å². The van der Waals surface area contributed by atoms with E-state index in [9.17, 15) is 4.79 Å². The van der Waals surface area contributed by atoms with Crippen LogP contribution in [0, 0.1) is 0 Å². The van der Waals surface area contributed by atoms with Gasteiger partial charge in [0.1, 0.15) is 5.75 Å². The van der Waals surface area contributed by atoms with Crippen molar-refractivity contribution in [2.24, 2.45) is 5.10 Å². The number of hydrazone groups is 1. The number of hydrogen-bond acceptors (Lipinski definition) is 3. The highest BCUT2D eigenvalue weighted by Crippen LogP contribution is 2.26. The van der Waals surface area contributed by atoms with Crippen molar-refractivity contribution in [1.29, 1.82) is 0 Å². The molecule has 24 heavy (non-hydrogen) atoms. The van der Waals surface area contributed by atoms with Gasteiger partial charge in [0, 0.05) is 10.6 Å². The van der Waals surface area contributed by atoms with Crippen molar-refractivity contribution in [2.75, 3.05) is 6.61 Å². The van der Waals surface area contributed by atoms with Crippen LogP contribution in [-0.2, 0) is 11.2 Å². The van der Waals surface area contributed by atoms with E-state index in [2.05, 4.69) is 33.4 Å². The van der Waals surface area contributed by atoms with Gasteiger partial charge >= 0.3 is 0 Å². The summed E-state index contributed by atoms with van der Waals surface area (Å²) in [5, 5.41) is 4.84. The largest absolute Gasteiger partial charge is 0.483 e. The fraction of sp³-hybridized carbons (Fsp3) is 0.176. The van der Waals surface area contributed by atoms with E-state index in [1.54, 1.807) is 18.2 Å².